The van der Waals surface area contributed by atoms with Crippen LogP contribution in [-0.4, -0.2) is 14.9 Å². The fraction of sp³-hybridized carbons (Fsp3) is 0.222. The maximum atomic E-state index is 9.43. The zero-order chi connectivity index (χ0) is 8.72. The van der Waals surface area contributed by atoms with Gasteiger partial charge in [0.2, 0.25) is 0 Å². The minimum atomic E-state index is 0.246. The summed E-state index contributed by atoms with van der Waals surface area (Å²) in [7, 11) is 1.87. The molecule has 3 heteroatoms. The van der Waals surface area contributed by atoms with E-state index in [1.807, 2.05) is 26.1 Å². The monoisotopic (exact) mass is 162 g/mol. The zero-order valence-corrected chi connectivity index (χ0v) is 7.07. The van der Waals surface area contributed by atoms with Crippen LogP contribution in [0.15, 0.2) is 18.2 Å². The Bertz CT molecular complexity index is 431. The second-order valence-electron chi connectivity index (χ2n) is 2.88. The SMILES string of the molecule is Cc1c2cccc(O)c2nn1C. The largest absolute Gasteiger partial charge is 0.506 e. The average Bonchev–Trinajstić information content (AvgIpc) is 2.32. The van der Waals surface area contributed by atoms with Gasteiger partial charge in [-0.15, -0.1) is 0 Å². The van der Waals surface area contributed by atoms with E-state index in [0.717, 1.165) is 11.1 Å². The molecule has 1 heterocycles. The molecular formula is C9H10N2O. The summed E-state index contributed by atoms with van der Waals surface area (Å²) in [5, 5.41) is 14.6. The summed E-state index contributed by atoms with van der Waals surface area (Å²) in [5.74, 6) is 0.246. The van der Waals surface area contributed by atoms with Gasteiger partial charge in [0, 0.05) is 18.1 Å². The lowest BCUT2D eigenvalue weighted by Gasteiger charge is -1.91. The summed E-state index contributed by atoms with van der Waals surface area (Å²) in [4.78, 5) is 0. The van der Waals surface area contributed by atoms with Crippen molar-refractivity contribution >= 4 is 10.9 Å². The van der Waals surface area contributed by atoms with Crippen LogP contribution in [0.2, 0.25) is 0 Å². The second kappa shape index (κ2) is 2.24. The minimum Gasteiger partial charge on any atom is -0.506 e. The van der Waals surface area contributed by atoms with Crippen LogP contribution in [0.1, 0.15) is 5.69 Å². The lowest BCUT2D eigenvalue weighted by molar-refractivity contribution is 0.479. The summed E-state index contributed by atoms with van der Waals surface area (Å²) < 4.78 is 1.77. The van der Waals surface area contributed by atoms with Gasteiger partial charge in [-0.1, -0.05) is 12.1 Å². The van der Waals surface area contributed by atoms with E-state index in [-0.39, 0.29) is 5.75 Å². The third kappa shape index (κ3) is 0.794. The molecule has 0 aliphatic rings. The number of nitrogens with zero attached hydrogens (tertiary/aromatic N) is 2. The number of phenols is 1. The topological polar surface area (TPSA) is 38.1 Å². The molecule has 0 saturated heterocycles. The van der Waals surface area contributed by atoms with Crippen LogP contribution in [0.4, 0.5) is 0 Å². The highest BCUT2D eigenvalue weighted by Crippen LogP contribution is 2.24. The number of aryl methyl sites for hydroxylation is 2. The maximum absolute atomic E-state index is 9.43. The molecule has 0 spiro atoms. The third-order valence-electron chi connectivity index (χ3n) is 2.14. The van der Waals surface area contributed by atoms with Crippen molar-refractivity contribution in [3.8, 4) is 5.75 Å². The molecule has 0 bridgehead atoms. The van der Waals surface area contributed by atoms with Crippen molar-refractivity contribution < 1.29 is 5.11 Å². The number of hydrogen-bond acceptors (Lipinski definition) is 2. The fourth-order valence-electron chi connectivity index (χ4n) is 1.33. The summed E-state index contributed by atoms with van der Waals surface area (Å²) in [6, 6.07) is 5.43. The molecule has 12 heavy (non-hydrogen) atoms. The van der Waals surface area contributed by atoms with Crippen LogP contribution < -0.4 is 0 Å². The average molecular weight is 162 g/mol. The molecular weight excluding hydrogens is 152 g/mol. The summed E-state index contributed by atoms with van der Waals surface area (Å²) in [6.07, 6.45) is 0. The van der Waals surface area contributed by atoms with Crippen LogP contribution in [0.25, 0.3) is 10.9 Å². The van der Waals surface area contributed by atoms with Gasteiger partial charge in [0.05, 0.1) is 0 Å². The van der Waals surface area contributed by atoms with Crippen molar-refractivity contribution in [2.45, 2.75) is 6.92 Å². The molecule has 0 fully saturated rings. The van der Waals surface area contributed by atoms with E-state index in [1.165, 1.54) is 0 Å². The summed E-state index contributed by atoms with van der Waals surface area (Å²) in [6.45, 7) is 1.98. The first-order valence-corrected chi connectivity index (χ1v) is 3.81. The molecule has 2 aromatic rings. The Labute approximate surface area is 70.2 Å². The van der Waals surface area contributed by atoms with Crippen LogP contribution in [0.3, 0.4) is 0 Å². The number of benzene rings is 1. The van der Waals surface area contributed by atoms with Gasteiger partial charge in [0.1, 0.15) is 11.3 Å². The number of aromatic nitrogens is 2. The summed E-state index contributed by atoms with van der Waals surface area (Å²) in [5.41, 5.74) is 1.75. The molecule has 1 aromatic heterocycles. The predicted molar refractivity (Wildman–Crippen MR) is 47.1 cm³/mol. The van der Waals surface area contributed by atoms with Crippen molar-refractivity contribution in [1.82, 2.24) is 9.78 Å². The molecule has 0 aliphatic carbocycles. The van der Waals surface area contributed by atoms with Gasteiger partial charge >= 0.3 is 0 Å². The Hall–Kier alpha value is -1.51. The molecule has 1 N–H and O–H groups in total. The van der Waals surface area contributed by atoms with Crippen molar-refractivity contribution in [1.29, 1.82) is 0 Å². The Morgan fingerprint density at radius 1 is 1.42 bits per heavy atom. The molecule has 0 radical (unpaired) electrons. The highest BCUT2D eigenvalue weighted by molar-refractivity contribution is 5.86. The molecule has 2 rings (SSSR count). The highest BCUT2D eigenvalue weighted by atomic mass is 16.3. The maximum Gasteiger partial charge on any atom is 0.143 e. The number of rotatable bonds is 0. The van der Waals surface area contributed by atoms with E-state index in [0.29, 0.717) is 5.52 Å². The van der Waals surface area contributed by atoms with Crippen molar-refractivity contribution in [2.75, 3.05) is 0 Å². The smallest absolute Gasteiger partial charge is 0.143 e. The van der Waals surface area contributed by atoms with Gasteiger partial charge in [0.15, 0.2) is 0 Å². The highest BCUT2D eigenvalue weighted by Gasteiger charge is 2.06. The molecule has 0 amide bonds. The molecule has 62 valence electrons. The van der Waals surface area contributed by atoms with E-state index >= 15 is 0 Å². The van der Waals surface area contributed by atoms with Crippen molar-refractivity contribution in [2.24, 2.45) is 7.05 Å². The number of fused-ring (bicyclic) bond motifs is 1. The van der Waals surface area contributed by atoms with E-state index in [9.17, 15) is 5.11 Å². The van der Waals surface area contributed by atoms with E-state index < -0.39 is 0 Å². The van der Waals surface area contributed by atoms with Crippen LogP contribution in [-0.2, 0) is 7.05 Å². The van der Waals surface area contributed by atoms with Gasteiger partial charge in [-0.25, -0.2) is 0 Å². The Kier molecular flexibility index (Phi) is 1.33. The van der Waals surface area contributed by atoms with Gasteiger partial charge in [-0.2, -0.15) is 5.10 Å². The van der Waals surface area contributed by atoms with Crippen molar-refractivity contribution in [3.05, 3.63) is 23.9 Å². The molecule has 0 saturated carbocycles. The van der Waals surface area contributed by atoms with Gasteiger partial charge < -0.3 is 5.11 Å². The first-order valence-electron chi connectivity index (χ1n) is 3.81. The first kappa shape index (κ1) is 7.16. The molecule has 0 aliphatic heterocycles. The Morgan fingerprint density at radius 2 is 2.17 bits per heavy atom. The Balaban J connectivity index is 2.95. The van der Waals surface area contributed by atoms with Gasteiger partial charge in [0.25, 0.3) is 0 Å². The molecule has 3 nitrogen and oxygen atoms in total. The number of phenolic OH excluding ortho intramolecular Hbond substituents is 1. The molecule has 1 aromatic carbocycles. The standard InChI is InChI=1S/C9H10N2O/c1-6-7-4-3-5-8(12)9(7)10-11(6)2/h3-5,12H,1-2H3. The second-order valence-corrected chi connectivity index (χ2v) is 2.88. The van der Waals surface area contributed by atoms with E-state index in [2.05, 4.69) is 5.10 Å². The number of hydrogen-bond donors (Lipinski definition) is 1. The number of aromatic hydroxyl groups is 1. The third-order valence-corrected chi connectivity index (χ3v) is 2.14. The van der Waals surface area contributed by atoms with Gasteiger partial charge in [-0.05, 0) is 13.0 Å². The quantitative estimate of drug-likeness (QED) is 0.638. The fourth-order valence-corrected chi connectivity index (χ4v) is 1.33. The lowest BCUT2D eigenvalue weighted by Crippen LogP contribution is -1.91. The van der Waals surface area contributed by atoms with Crippen molar-refractivity contribution in [3.63, 3.8) is 0 Å². The van der Waals surface area contributed by atoms with Crippen LogP contribution in [0, 0.1) is 6.92 Å². The zero-order valence-electron chi connectivity index (χ0n) is 7.07. The van der Waals surface area contributed by atoms with E-state index in [1.54, 1.807) is 10.7 Å². The molecule has 0 atom stereocenters. The van der Waals surface area contributed by atoms with Gasteiger partial charge in [-0.3, -0.25) is 4.68 Å². The summed E-state index contributed by atoms with van der Waals surface area (Å²) >= 11 is 0. The Morgan fingerprint density at radius 3 is 2.83 bits per heavy atom. The normalized spacial score (nSPS) is 10.8. The predicted octanol–water partition coefficient (Wildman–Crippen LogP) is 1.59. The van der Waals surface area contributed by atoms with Crippen LogP contribution in [0.5, 0.6) is 5.75 Å². The minimum absolute atomic E-state index is 0.246. The first-order chi connectivity index (χ1) is 5.70. The van der Waals surface area contributed by atoms with E-state index in [4.69, 9.17) is 0 Å². The molecule has 0 unspecified atom stereocenters. The van der Waals surface area contributed by atoms with Crippen LogP contribution >= 0.6 is 0 Å². The lowest BCUT2D eigenvalue weighted by atomic mass is 10.2.